The second-order valence-corrected chi connectivity index (χ2v) is 5.69. The van der Waals surface area contributed by atoms with Gasteiger partial charge in [0.2, 0.25) is 11.7 Å². The van der Waals surface area contributed by atoms with Gasteiger partial charge in [-0.1, -0.05) is 31.0 Å². The monoisotopic (exact) mass is 287 g/mol. The van der Waals surface area contributed by atoms with Crippen molar-refractivity contribution in [3.05, 3.63) is 29.8 Å². The van der Waals surface area contributed by atoms with Gasteiger partial charge < -0.3 is 9.63 Å². The van der Waals surface area contributed by atoms with E-state index in [2.05, 4.69) is 22.0 Å². The fraction of sp³-hybridized carbons (Fsp3) is 0.562. The van der Waals surface area contributed by atoms with Crippen molar-refractivity contribution in [1.29, 1.82) is 0 Å². The van der Waals surface area contributed by atoms with Gasteiger partial charge in [-0.15, -0.1) is 0 Å². The van der Waals surface area contributed by atoms with Gasteiger partial charge in [0.25, 0.3) is 0 Å². The molecule has 1 atom stereocenters. The summed E-state index contributed by atoms with van der Waals surface area (Å²) in [5, 5.41) is 14.3. The van der Waals surface area contributed by atoms with Crippen molar-refractivity contribution < 1.29 is 9.63 Å². The molecule has 2 aromatic heterocycles. The SMILES string of the molecule is CCc1cccnc1-c1noc(CC(O)C2CCCC2)n1. The molecule has 2 heterocycles. The number of aliphatic hydroxyl groups excluding tert-OH is 1. The van der Waals surface area contributed by atoms with E-state index < -0.39 is 0 Å². The molecule has 112 valence electrons. The van der Waals surface area contributed by atoms with Crippen LogP contribution >= 0.6 is 0 Å². The van der Waals surface area contributed by atoms with Crippen LogP contribution < -0.4 is 0 Å². The van der Waals surface area contributed by atoms with E-state index in [0.29, 0.717) is 24.1 Å². The Balaban J connectivity index is 1.74. The molecule has 0 radical (unpaired) electrons. The first-order valence-corrected chi connectivity index (χ1v) is 7.73. The largest absolute Gasteiger partial charge is 0.392 e. The summed E-state index contributed by atoms with van der Waals surface area (Å²) < 4.78 is 5.29. The van der Waals surface area contributed by atoms with Gasteiger partial charge in [0.15, 0.2) is 0 Å². The number of nitrogens with zero attached hydrogens (tertiary/aromatic N) is 3. The Labute approximate surface area is 124 Å². The zero-order valence-electron chi connectivity index (χ0n) is 12.3. The third kappa shape index (κ3) is 3.13. The van der Waals surface area contributed by atoms with Gasteiger partial charge in [-0.2, -0.15) is 4.98 Å². The predicted molar refractivity (Wildman–Crippen MR) is 78.6 cm³/mol. The maximum absolute atomic E-state index is 10.2. The minimum absolute atomic E-state index is 0.376. The number of hydrogen-bond acceptors (Lipinski definition) is 5. The second-order valence-electron chi connectivity index (χ2n) is 5.69. The molecule has 2 aromatic rings. The van der Waals surface area contributed by atoms with Crippen molar-refractivity contribution in [2.24, 2.45) is 5.92 Å². The first-order chi connectivity index (χ1) is 10.3. The lowest BCUT2D eigenvalue weighted by atomic mass is 9.98. The van der Waals surface area contributed by atoms with E-state index in [-0.39, 0.29) is 6.10 Å². The highest BCUT2D eigenvalue weighted by molar-refractivity contribution is 5.53. The number of aliphatic hydroxyl groups is 1. The summed E-state index contributed by atoms with van der Waals surface area (Å²) in [6.07, 6.45) is 7.29. The summed E-state index contributed by atoms with van der Waals surface area (Å²) in [5.41, 5.74) is 1.87. The molecule has 0 amide bonds. The fourth-order valence-corrected chi connectivity index (χ4v) is 3.05. The van der Waals surface area contributed by atoms with Crippen LogP contribution in [-0.2, 0) is 12.8 Å². The molecular weight excluding hydrogens is 266 g/mol. The summed E-state index contributed by atoms with van der Waals surface area (Å²) in [6.45, 7) is 2.07. The number of aromatic nitrogens is 3. The topological polar surface area (TPSA) is 72.0 Å². The highest BCUT2D eigenvalue weighted by Gasteiger charge is 2.25. The van der Waals surface area contributed by atoms with E-state index in [4.69, 9.17) is 4.52 Å². The summed E-state index contributed by atoms with van der Waals surface area (Å²) >= 11 is 0. The summed E-state index contributed by atoms with van der Waals surface area (Å²) in [6, 6.07) is 3.93. The zero-order valence-corrected chi connectivity index (χ0v) is 12.3. The minimum Gasteiger partial charge on any atom is -0.392 e. The molecule has 0 spiro atoms. The van der Waals surface area contributed by atoms with Gasteiger partial charge in [0, 0.05) is 6.20 Å². The third-order valence-electron chi connectivity index (χ3n) is 4.28. The van der Waals surface area contributed by atoms with Crippen LogP contribution in [0.25, 0.3) is 11.5 Å². The van der Waals surface area contributed by atoms with E-state index in [0.717, 1.165) is 30.5 Å². The molecule has 1 aliphatic carbocycles. The maximum Gasteiger partial charge on any atom is 0.229 e. The van der Waals surface area contributed by atoms with Crippen molar-refractivity contribution in [1.82, 2.24) is 15.1 Å². The van der Waals surface area contributed by atoms with Gasteiger partial charge in [0.05, 0.1) is 12.5 Å². The van der Waals surface area contributed by atoms with Crippen LogP contribution in [0, 0.1) is 5.92 Å². The molecule has 5 heteroatoms. The lowest BCUT2D eigenvalue weighted by Crippen LogP contribution is -2.20. The molecule has 0 bridgehead atoms. The van der Waals surface area contributed by atoms with Crippen LogP contribution in [0.4, 0.5) is 0 Å². The Kier molecular flexibility index (Phi) is 4.29. The average Bonchev–Trinajstić information content (AvgIpc) is 3.18. The summed E-state index contributed by atoms with van der Waals surface area (Å²) in [7, 11) is 0. The Morgan fingerprint density at radius 1 is 1.38 bits per heavy atom. The summed E-state index contributed by atoms with van der Waals surface area (Å²) in [4.78, 5) is 8.74. The Morgan fingerprint density at radius 2 is 2.19 bits per heavy atom. The Bertz CT molecular complexity index is 591. The molecule has 0 aliphatic heterocycles. The van der Waals surface area contributed by atoms with Crippen molar-refractivity contribution in [2.75, 3.05) is 0 Å². The zero-order chi connectivity index (χ0) is 14.7. The van der Waals surface area contributed by atoms with E-state index in [1.165, 1.54) is 12.8 Å². The van der Waals surface area contributed by atoms with Crippen LogP contribution in [0.1, 0.15) is 44.1 Å². The normalized spacial score (nSPS) is 17.2. The van der Waals surface area contributed by atoms with E-state index in [1.54, 1.807) is 6.20 Å². The van der Waals surface area contributed by atoms with Crippen LogP contribution in [0.5, 0.6) is 0 Å². The first kappa shape index (κ1) is 14.2. The van der Waals surface area contributed by atoms with Crippen molar-refractivity contribution in [3.8, 4) is 11.5 Å². The molecule has 1 aliphatic rings. The second kappa shape index (κ2) is 6.35. The molecule has 21 heavy (non-hydrogen) atoms. The molecule has 0 saturated heterocycles. The van der Waals surface area contributed by atoms with Crippen LogP contribution in [-0.4, -0.2) is 26.3 Å². The molecule has 1 saturated carbocycles. The number of rotatable bonds is 5. The number of hydrogen-bond donors (Lipinski definition) is 1. The van der Waals surface area contributed by atoms with Crippen LogP contribution in [0.3, 0.4) is 0 Å². The quantitative estimate of drug-likeness (QED) is 0.915. The third-order valence-corrected chi connectivity index (χ3v) is 4.28. The average molecular weight is 287 g/mol. The first-order valence-electron chi connectivity index (χ1n) is 7.73. The standard InChI is InChI=1S/C16H21N3O2/c1-2-11-8-5-9-17-15(11)16-18-14(21-19-16)10-13(20)12-6-3-4-7-12/h5,8-9,12-13,20H,2-4,6-7,10H2,1H3. The molecule has 0 aromatic carbocycles. The maximum atomic E-state index is 10.2. The Morgan fingerprint density at radius 3 is 2.95 bits per heavy atom. The van der Waals surface area contributed by atoms with Crippen molar-refractivity contribution in [2.45, 2.75) is 51.6 Å². The highest BCUT2D eigenvalue weighted by Crippen LogP contribution is 2.29. The van der Waals surface area contributed by atoms with E-state index in [9.17, 15) is 5.11 Å². The van der Waals surface area contributed by atoms with Crippen molar-refractivity contribution in [3.63, 3.8) is 0 Å². The highest BCUT2D eigenvalue weighted by atomic mass is 16.5. The fourth-order valence-electron chi connectivity index (χ4n) is 3.05. The van der Waals surface area contributed by atoms with Crippen molar-refractivity contribution >= 4 is 0 Å². The smallest absolute Gasteiger partial charge is 0.229 e. The lowest BCUT2D eigenvalue weighted by molar-refractivity contribution is 0.102. The van der Waals surface area contributed by atoms with Gasteiger partial charge in [-0.25, -0.2) is 0 Å². The van der Waals surface area contributed by atoms with E-state index >= 15 is 0 Å². The van der Waals surface area contributed by atoms with Crippen LogP contribution in [0.2, 0.25) is 0 Å². The molecule has 1 unspecified atom stereocenters. The summed E-state index contributed by atoms with van der Waals surface area (Å²) in [5.74, 6) is 1.39. The predicted octanol–water partition coefficient (Wildman–Crippen LogP) is 2.79. The van der Waals surface area contributed by atoms with Gasteiger partial charge >= 0.3 is 0 Å². The van der Waals surface area contributed by atoms with E-state index in [1.807, 2.05) is 12.1 Å². The minimum atomic E-state index is -0.379. The number of aryl methyl sites for hydroxylation is 1. The van der Waals surface area contributed by atoms with Gasteiger partial charge in [-0.3, -0.25) is 4.98 Å². The molecule has 1 fully saturated rings. The molecule has 3 rings (SSSR count). The molecular formula is C16H21N3O2. The number of pyridine rings is 1. The molecule has 5 nitrogen and oxygen atoms in total. The Hall–Kier alpha value is -1.75. The van der Waals surface area contributed by atoms with Gasteiger partial charge in [0.1, 0.15) is 5.69 Å². The van der Waals surface area contributed by atoms with Crippen LogP contribution in [0.15, 0.2) is 22.9 Å². The van der Waals surface area contributed by atoms with Gasteiger partial charge in [-0.05, 0) is 36.8 Å². The lowest BCUT2D eigenvalue weighted by Gasteiger charge is -2.14. The molecule has 1 N–H and O–H groups in total.